The summed E-state index contributed by atoms with van der Waals surface area (Å²) in [6, 6.07) is 9.82. The molecule has 8 nitrogen and oxygen atoms in total. The second-order valence-corrected chi connectivity index (χ2v) is 6.19. The summed E-state index contributed by atoms with van der Waals surface area (Å²) in [5.41, 5.74) is 2.66. The van der Waals surface area contributed by atoms with E-state index in [2.05, 4.69) is 5.32 Å². The van der Waals surface area contributed by atoms with E-state index in [-0.39, 0.29) is 17.7 Å². The van der Waals surface area contributed by atoms with Gasteiger partial charge in [0.05, 0.1) is 6.61 Å². The number of carbonyl (C=O) groups excluding carboxylic acids is 3. The number of hydrogen-bond donors (Lipinski definition) is 3. The van der Waals surface area contributed by atoms with Gasteiger partial charge in [-0.1, -0.05) is 42.5 Å². The van der Waals surface area contributed by atoms with Crippen molar-refractivity contribution in [2.75, 3.05) is 13.7 Å². The fourth-order valence-electron chi connectivity index (χ4n) is 2.76. The summed E-state index contributed by atoms with van der Waals surface area (Å²) in [4.78, 5) is 36.0. The van der Waals surface area contributed by atoms with Gasteiger partial charge in [0.15, 0.2) is 23.2 Å². The molecule has 0 fully saturated rings. The Balaban J connectivity index is 2.54. The summed E-state index contributed by atoms with van der Waals surface area (Å²) in [5.74, 6) is -4.47. The average Bonchev–Trinajstić information content (AvgIpc) is 2.68. The molecule has 2 rings (SSSR count). The van der Waals surface area contributed by atoms with Crippen LogP contribution in [0.4, 0.5) is 4.39 Å². The lowest BCUT2D eigenvalue weighted by molar-refractivity contribution is -0.141. The first-order valence-corrected chi connectivity index (χ1v) is 8.56. The van der Waals surface area contributed by atoms with Crippen LogP contribution in [-0.2, 0) is 24.7 Å². The van der Waals surface area contributed by atoms with Crippen LogP contribution in [0.1, 0.15) is 18.1 Å². The minimum atomic E-state index is -2.47. The van der Waals surface area contributed by atoms with Crippen LogP contribution in [0.25, 0.3) is 0 Å². The lowest BCUT2D eigenvalue weighted by Gasteiger charge is -2.28. The largest absolute Gasteiger partial charge is 0.421 e. The van der Waals surface area contributed by atoms with E-state index in [0.29, 0.717) is 0 Å². The predicted molar refractivity (Wildman–Crippen MR) is 100 cm³/mol. The van der Waals surface area contributed by atoms with Crippen molar-refractivity contribution in [3.8, 4) is 5.75 Å². The van der Waals surface area contributed by atoms with E-state index < -0.39 is 41.0 Å². The zero-order valence-corrected chi connectivity index (χ0v) is 15.8. The lowest BCUT2D eigenvalue weighted by Crippen LogP contribution is -2.46. The smallest absolute Gasteiger partial charge is 0.336 e. The number of nitrogens with one attached hydrogen (secondary N) is 1. The van der Waals surface area contributed by atoms with Crippen molar-refractivity contribution in [2.24, 2.45) is 5.73 Å². The van der Waals surface area contributed by atoms with Crippen LogP contribution in [0, 0.1) is 5.82 Å². The monoisotopic (exact) mass is 404 g/mol. The fraction of sp³-hybridized carbons (Fsp3) is 0.250. The maximum atomic E-state index is 14.6. The topological polar surface area (TPSA) is 128 Å². The van der Waals surface area contributed by atoms with Crippen LogP contribution in [0.3, 0.4) is 0 Å². The van der Waals surface area contributed by atoms with Crippen LogP contribution in [0.2, 0.25) is 0 Å². The quantitative estimate of drug-likeness (QED) is 0.437. The summed E-state index contributed by atoms with van der Waals surface area (Å²) in [7, 11) is 1.30. The lowest BCUT2D eigenvalue weighted by atomic mass is 9.85. The molecule has 0 aliphatic rings. The molecule has 0 bridgehead atoms. The highest BCUT2D eigenvalue weighted by Crippen LogP contribution is 2.37. The van der Waals surface area contributed by atoms with Crippen molar-refractivity contribution < 1.29 is 33.4 Å². The van der Waals surface area contributed by atoms with Crippen molar-refractivity contribution in [1.82, 2.24) is 5.32 Å². The van der Waals surface area contributed by atoms with Gasteiger partial charge in [0.2, 0.25) is 5.91 Å². The van der Waals surface area contributed by atoms with Gasteiger partial charge in [0.1, 0.15) is 0 Å². The SMILES string of the molecule is COC[C@@H](NC(C)=O)C(=O)Oc1c(F)cccc1C(O)(C(N)=O)c1ccccc1. The molecule has 1 unspecified atom stereocenters. The van der Waals surface area contributed by atoms with Gasteiger partial charge in [0.25, 0.3) is 5.91 Å². The first-order chi connectivity index (χ1) is 13.7. The number of nitrogens with two attached hydrogens (primary N) is 1. The molecule has 2 atom stereocenters. The van der Waals surface area contributed by atoms with Crippen molar-refractivity contribution >= 4 is 17.8 Å². The Kier molecular flexibility index (Phi) is 7.03. The van der Waals surface area contributed by atoms with Crippen LogP contribution in [0.5, 0.6) is 5.75 Å². The molecular weight excluding hydrogens is 383 g/mol. The van der Waals surface area contributed by atoms with Crippen molar-refractivity contribution in [1.29, 1.82) is 0 Å². The summed E-state index contributed by atoms with van der Waals surface area (Å²) >= 11 is 0. The number of esters is 1. The Labute approximate surface area is 166 Å². The molecule has 29 heavy (non-hydrogen) atoms. The Hall–Kier alpha value is -3.30. The third kappa shape index (κ3) is 4.76. The van der Waals surface area contributed by atoms with Gasteiger partial charge in [-0.3, -0.25) is 9.59 Å². The number of carbonyl (C=O) groups is 3. The number of para-hydroxylation sites is 1. The van der Waals surface area contributed by atoms with Gasteiger partial charge in [-0.05, 0) is 11.6 Å². The maximum absolute atomic E-state index is 14.6. The number of halogens is 1. The van der Waals surface area contributed by atoms with E-state index in [1.807, 2.05) is 0 Å². The highest BCUT2D eigenvalue weighted by Gasteiger charge is 2.42. The molecule has 2 amide bonds. The summed E-state index contributed by atoms with van der Waals surface area (Å²) in [6.45, 7) is 0.951. The summed E-state index contributed by atoms with van der Waals surface area (Å²) < 4.78 is 24.6. The molecular formula is C20H21FN2O6. The van der Waals surface area contributed by atoms with Crippen LogP contribution in [-0.4, -0.2) is 42.6 Å². The van der Waals surface area contributed by atoms with E-state index >= 15 is 0 Å². The maximum Gasteiger partial charge on any atom is 0.336 e. The molecule has 0 aliphatic carbocycles. The second-order valence-electron chi connectivity index (χ2n) is 6.19. The van der Waals surface area contributed by atoms with Gasteiger partial charge < -0.3 is 25.6 Å². The fourth-order valence-corrected chi connectivity index (χ4v) is 2.76. The molecule has 0 radical (unpaired) electrons. The first kappa shape index (κ1) is 22.0. The number of hydrogen-bond acceptors (Lipinski definition) is 6. The first-order valence-electron chi connectivity index (χ1n) is 8.56. The molecule has 0 heterocycles. The van der Waals surface area contributed by atoms with Crippen molar-refractivity contribution in [3.05, 3.63) is 65.5 Å². The minimum absolute atomic E-state index is 0.0608. The minimum Gasteiger partial charge on any atom is -0.421 e. The predicted octanol–water partition coefficient (Wildman–Crippen LogP) is 0.603. The number of ether oxygens (including phenoxy) is 2. The number of amides is 2. The van der Waals surface area contributed by atoms with Gasteiger partial charge in [-0.2, -0.15) is 0 Å². The Morgan fingerprint density at radius 3 is 2.38 bits per heavy atom. The molecule has 9 heteroatoms. The normalized spacial score (nSPS) is 13.8. The molecule has 2 aromatic carbocycles. The Morgan fingerprint density at radius 2 is 1.83 bits per heavy atom. The van der Waals surface area contributed by atoms with E-state index in [1.165, 1.54) is 38.3 Å². The average molecular weight is 404 g/mol. The van der Waals surface area contributed by atoms with Crippen LogP contribution >= 0.6 is 0 Å². The van der Waals surface area contributed by atoms with Crippen LogP contribution in [0.15, 0.2) is 48.5 Å². The second kappa shape index (κ2) is 9.26. The zero-order chi connectivity index (χ0) is 21.6. The Morgan fingerprint density at radius 1 is 1.17 bits per heavy atom. The molecule has 0 saturated heterocycles. The van der Waals surface area contributed by atoms with E-state index in [4.69, 9.17) is 15.2 Å². The van der Waals surface area contributed by atoms with E-state index in [0.717, 1.165) is 6.07 Å². The molecule has 0 spiro atoms. The summed E-state index contributed by atoms with van der Waals surface area (Å²) in [6.07, 6.45) is 0. The molecule has 0 saturated carbocycles. The number of benzene rings is 2. The van der Waals surface area contributed by atoms with Gasteiger partial charge >= 0.3 is 5.97 Å². The Bertz CT molecular complexity index is 905. The highest BCUT2D eigenvalue weighted by molar-refractivity contribution is 5.90. The molecule has 0 aliphatic heterocycles. The van der Waals surface area contributed by atoms with Crippen molar-refractivity contribution in [2.45, 2.75) is 18.6 Å². The number of methoxy groups -OCH3 is 1. The third-order valence-corrected chi connectivity index (χ3v) is 4.10. The number of primary amides is 1. The van der Waals surface area contributed by atoms with Gasteiger partial charge in [-0.25, -0.2) is 9.18 Å². The zero-order valence-electron chi connectivity index (χ0n) is 15.8. The van der Waals surface area contributed by atoms with Gasteiger partial charge in [-0.15, -0.1) is 0 Å². The number of rotatable bonds is 8. The molecule has 2 aromatic rings. The third-order valence-electron chi connectivity index (χ3n) is 4.10. The number of aliphatic hydroxyl groups is 1. The highest BCUT2D eigenvalue weighted by atomic mass is 19.1. The van der Waals surface area contributed by atoms with E-state index in [9.17, 15) is 23.9 Å². The van der Waals surface area contributed by atoms with Crippen LogP contribution < -0.4 is 15.8 Å². The molecule has 0 aromatic heterocycles. The molecule has 154 valence electrons. The standard InChI is InChI=1S/C20H21FN2O6/c1-12(24)23-16(11-28-2)18(25)29-17-14(9-6-10-15(17)21)20(27,19(22)26)13-7-4-3-5-8-13/h3-10,16,27H,11H2,1-2H3,(H2,22,26)(H,23,24)/t16-,20?/m1/s1. The molecule has 4 N–H and O–H groups in total. The van der Waals surface area contributed by atoms with E-state index in [1.54, 1.807) is 18.2 Å². The summed E-state index contributed by atoms with van der Waals surface area (Å²) in [5, 5.41) is 13.4. The van der Waals surface area contributed by atoms with Crippen molar-refractivity contribution in [3.63, 3.8) is 0 Å². The van der Waals surface area contributed by atoms with Gasteiger partial charge in [0, 0.05) is 19.6 Å².